The van der Waals surface area contributed by atoms with Crippen LogP contribution in [-0.2, 0) is 31.2 Å². The third kappa shape index (κ3) is 6.14. The minimum absolute atomic E-state index is 0.241. The van der Waals surface area contributed by atoms with Crippen molar-refractivity contribution < 1.29 is 27.8 Å². The lowest BCUT2D eigenvalue weighted by molar-refractivity contribution is -0.143. The van der Waals surface area contributed by atoms with Gasteiger partial charge in [0.1, 0.15) is 18.2 Å². The van der Waals surface area contributed by atoms with Crippen LogP contribution in [0.15, 0.2) is 79.0 Å². The van der Waals surface area contributed by atoms with E-state index in [1.54, 1.807) is 4.68 Å². The molecule has 2 atom stereocenters. The van der Waals surface area contributed by atoms with Gasteiger partial charge in [0, 0.05) is 31.8 Å². The van der Waals surface area contributed by atoms with Gasteiger partial charge >= 0.3 is 12.1 Å². The molecule has 1 aliphatic carbocycles. The number of carboxylic acids is 1. The van der Waals surface area contributed by atoms with Gasteiger partial charge in [-0.2, -0.15) is 18.3 Å². The molecule has 7 nitrogen and oxygen atoms in total. The highest BCUT2D eigenvalue weighted by Gasteiger charge is 2.35. The number of aromatic nitrogens is 4. The van der Waals surface area contributed by atoms with Crippen LogP contribution in [0, 0.1) is 5.92 Å². The normalized spacial score (nSPS) is 17.3. The standard InChI is InChI=1S/C33H31F3N4O3/c1-39-16-15-25(38-39)20-43-26-13-14-29-30(18-26)40(31(37-29)27-7-2-3-8-28(27)32(41)42)19-21-5-4-6-23(17-21)22-9-11-24(12-10-22)33(34,35)36/h4-6,9-18,27-28H,2-3,7-8,19-20H2,1H3,(H,41,42)/t27-,28+/m0/s1. The molecule has 5 aromatic rings. The summed E-state index contributed by atoms with van der Waals surface area (Å²) < 4.78 is 49.1. The molecule has 10 heteroatoms. The number of nitrogens with zero attached hydrogens (tertiary/aromatic N) is 4. The van der Waals surface area contributed by atoms with E-state index in [1.807, 2.05) is 61.8 Å². The molecule has 0 bridgehead atoms. The van der Waals surface area contributed by atoms with Gasteiger partial charge in [-0.25, -0.2) is 4.98 Å². The summed E-state index contributed by atoms with van der Waals surface area (Å²) >= 11 is 0. The number of alkyl halides is 3. The first-order valence-corrected chi connectivity index (χ1v) is 14.3. The Morgan fingerprint density at radius 1 is 1.00 bits per heavy atom. The molecule has 1 N–H and O–H groups in total. The lowest BCUT2D eigenvalue weighted by Gasteiger charge is -2.28. The number of benzene rings is 3. The van der Waals surface area contributed by atoms with Crippen LogP contribution < -0.4 is 4.74 Å². The van der Waals surface area contributed by atoms with E-state index in [0.29, 0.717) is 30.9 Å². The van der Waals surface area contributed by atoms with E-state index in [1.165, 1.54) is 12.1 Å². The van der Waals surface area contributed by atoms with Gasteiger partial charge in [0.2, 0.25) is 0 Å². The third-order valence-electron chi connectivity index (χ3n) is 8.13. The number of hydrogen-bond donors (Lipinski definition) is 1. The summed E-state index contributed by atoms with van der Waals surface area (Å²) in [6.45, 7) is 0.707. The number of carbonyl (C=O) groups is 1. The first-order valence-electron chi connectivity index (χ1n) is 14.3. The Kier molecular flexibility index (Phi) is 7.68. The number of halogens is 3. The van der Waals surface area contributed by atoms with Crippen molar-refractivity contribution in [1.29, 1.82) is 0 Å². The summed E-state index contributed by atoms with van der Waals surface area (Å²) in [5.74, 6) is -0.212. The minimum atomic E-state index is -4.40. The Labute approximate surface area is 246 Å². The van der Waals surface area contributed by atoms with E-state index >= 15 is 0 Å². The fourth-order valence-electron chi connectivity index (χ4n) is 5.98. The molecule has 1 aliphatic rings. The van der Waals surface area contributed by atoms with Crippen molar-refractivity contribution in [3.05, 3.63) is 102 Å². The fraction of sp³-hybridized carbons (Fsp3) is 0.303. The number of aliphatic carboxylic acids is 1. The first kappa shape index (κ1) is 28.5. The zero-order valence-electron chi connectivity index (χ0n) is 23.6. The second-order valence-corrected chi connectivity index (χ2v) is 11.1. The zero-order chi connectivity index (χ0) is 30.1. The Hall–Kier alpha value is -4.60. The molecule has 1 saturated carbocycles. The average molecular weight is 589 g/mol. The summed E-state index contributed by atoms with van der Waals surface area (Å²) in [6, 6.07) is 20.3. The van der Waals surface area contributed by atoms with Gasteiger partial charge in [-0.15, -0.1) is 0 Å². The fourth-order valence-corrected chi connectivity index (χ4v) is 5.98. The SMILES string of the molecule is Cn1ccc(COc2ccc3nc([C@H]4CCCC[C@H]4C(=O)O)n(Cc4cccc(-c5ccc(C(F)(F)F)cc5)c4)c3c2)n1. The molecule has 0 saturated heterocycles. The number of carboxylic acid groups (broad SMARTS) is 1. The number of ether oxygens (including phenoxy) is 1. The first-order chi connectivity index (χ1) is 20.7. The topological polar surface area (TPSA) is 82.2 Å². The quantitative estimate of drug-likeness (QED) is 0.204. The van der Waals surface area contributed by atoms with Crippen molar-refractivity contribution >= 4 is 17.0 Å². The molecule has 3 aromatic carbocycles. The van der Waals surface area contributed by atoms with E-state index in [-0.39, 0.29) is 5.92 Å². The van der Waals surface area contributed by atoms with Crippen LogP contribution in [0.1, 0.15) is 54.2 Å². The Morgan fingerprint density at radius 3 is 2.51 bits per heavy atom. The van der Waals surface area contributed by atoms with E-state index < -0.39 is 23.6 Å². The van der Waals surface area contributed by atoms with Gasteiger partial charge in [0.15, 0.2) is 0 Å². The number of aryl methyl sites for hydroxylation is 1. The van der Waals surface area contributed by atoms with Crippen LogP contribution in [-0.4, -0.2) is 30.4 Å². The molecule has 6 rings (SSSR count). The van der Waals surface area contributed by atoms with E-state index in [4.69, 9.17) is 9.72 Å². The van der Waals surface area contributed by atoms with Crippen LogP contribution in [0.2, 0.25) is 0 Å². The van der Waals surface area contributed by atoms with Crippen molar-refractivity contribution in [3.8, 4) is 16.9 Å². The molecule has 222 valence electrons. The van der Waals surface area contributed by atoms with Crippen molar-refractivity contribution in [2.45, 2.75) is 50.9 Å². The monoisotopic (exact) mass is 588 g/mol. The zero-order valence-corrected chi connectivity index (χ0v) is 23.6. The maximum atomic E-state index is 13.1. The molecular weight excluding hydrogens is 557 g/mol. The Morgan fingerprint density at radius 2 is 1.79 bits per heavy atom. The lowest BCUT2D eigenvalue weighted by atomic mass is 9.78. The molecule has 2 heterocycles. The summed E-state index contributed by atoms with van der Waals surface area (Å²) in [5.41, 5.74) is 4.05. The summed E-state index contributed by atoms with van der Waals surface area (Å²) in [4.78, 5) is 17.2. The van der Waals surface area contributed by atoms with E-state index in [0.717, 1.165) is 65.1 Å². The number of imidazole rings is 1. The van der Waals surface area contributed by atoms with Crippen LogP contribution in [0.3, 0.4) is 0 Å². The summed E-state index contributed by atoms with van der Waals surface area (Å²) in [6.07, 6.45) is 0.589. The summed E-state index contributed by atoms with van der Waals surface area (Å²) in [7, 11) is 1.85. The molecule has 0 amide bonds. The molecule has 0 spiro atoms. The molecule has 1 fully saturated rings. The average Bonchev–Trinajstić information content (AvgIpc) is 3.58. The predicted molar refractivity (Wildman–Crippen MR) is 156 cm³/mol. The van der Waals surface area contributed by atoms with Gasteiger partial charge in [-0.05, 0) is 65.9 Å². The lowest BCUT2D eigenvalue weighted by Crippen LogP contribution is -2.27. The summed E-state index contributed by atoms with van der Waals surface area (Å²) in [5, 5.41) is 14.4. The minimum Gasteiger partial charge on any atom is -0.487 e. The van der Waals surface area contributed by atoms with Crippen LogP contribution in [0.5, 0.6) is 5.75 Å². The van der Waals surface area contributed by atoms with Gasteiger partial charge in [0.25, 0.3) is 0 Å². The molecule has 2 aromatic heterocycles. The molecule has 0 aliphatic heterocycles. The van der Waals surface area contributed by atoms with Crippen LogP contribution >= 0.6 is 0 Å². The number of rotatable bonds is 8. The van der Waals surface area contributed by atoms with E-state index in [2.05, 4.69) is 9.67 Å². The van der Waals surface area contributed by atoms with Gasteiger partial charge < -0.3 is 14.4 Å². The van der Waals surface area contributed by atoms with Crippen LogP contribution in [0.4, 0.5) is 13.2 Å². The largest absolute Gasteiger partial charge is 0.487 e. The Bertz CT molecular complexity index is 1760. The highest BCUT2D eigenvalue weighted by atomic mass is 19.4. The molecule has 0 unspecified atom stereocenters. The number of hydrogen-bond acceptors (Lipinski definition) is 4. The maximum Gasteiger partial charge on any atom is 0.416 e. The van der Waals surface area contributed by atoms with Gasteiger partial charge in [-0.3, -0.25) is 9.48 Å². The van der Waals surface area contributed by atoms with Crippen molar-refractivity contribution in [1.82, 2.24) is 19.3 Å². The Balaban J connectivity index is 1.37. The van der Waals surface area contributed by atoms with Crippen molar-refractivity contribution in [2.75, 3.05) is 0 Å². The van der Waals surface area contributed by atoms with Crippen LogP contribution in [0.25, 0.3) is 22.2 Å². The molecular formula is C33H31F3N4O3. The molecule has 0 radical (unpaired) electrons. The van der Waals surface area contributed by atoms with Crippen molar-refractivity contribution in [2.24, 2.45) is 13.0 Å². The third-order valence-corrected chi connectivity index (χ3v) is 8.13. The van der Waals surface area contributed by atoms with Crippen molar-refractivity contribution in [3.63, 3.8) is 0 Å². The highest BCUT2D eigenvalue weighted by Crippen LogP contribution is 2.40. The number of fused-ring (bicyclic) bond motifs is 1. The van der Waals surface area contributed by atoms with Gasteiger partial charge in [-0.1, -0.05) is 43.2 Å². The predicted octanol–water partition coefficient (Wildman–Crippen LogP) is 7.44. The highest BCUT2D eigenvalue weighted by molar-refractivity contribution is 5.79. The second kappa shape index (κ2) is 11.6. The maximum absolute atomic E-state index is 13.1. The molecule has 43 heavy (non-hydrogen) atoms. The second-order valence-electron chi connectivity index (χ2n) is 11.1. The smallest absolute Gasteiger partial charge is 0.416 e. The van der Waals surface area contributed by atoms with Gasteiger partial charge in [0.05, 0.1) is 28.2 Å². The van der Waals surface area contributed by atoms with E-state index in [9.17, 15) is 23.1 Å².